The molecule has 0 saturated carbocycles. The molecule has 37 heavy (non-hydrogen) atoms. The molecule has 0 unspecified atom stereocenters. The van der Waals surface area contributed by atoms with Crippen molar-refractivity contribution in [3.05, 3.63) is 114 Å². The van der Waals surface area contributed by atoms with E-state index in [0.717, 1.165) is 27.5 Å². The van der Waals surface area contributed by atoms with E-state index in [-0.39, 0.29) is 5.91 Å². The minimum absolute atomic E-state index is 0.363. The van der Waals surface area contributed by atoms with Gasteiger partial charge in [-0.05, 0) is 59.5 Å². The van der Waals surface area contributed by atoms with Gasteiger partial charge in [-0.15, -0.1) is 6.58 Å². The molecule has 6 nitrogen and oxygen atoms in total. The molecular formula is C31H30N2O4. The zero-order chi connectivity index (χ0) is 26.0. The molecule has 4 aromatic rings. The van der Waals surface area contributed by atoms with Crippen LogP contribution in [0.25, 0.3) is 10.8 Å². The van der Waals surface area contributed by atoms with Crippen LogP contribution in [-0.2, 0) is 13.0 Å². The van der Waals surface area contributed by atoms with Gasteiger partial charge >= 0.3 is 0 Å². The minimum atomic E-state index is -0.363. The second-order valence-corrected chi connectivity index (χ2v) is 8.31. The van der Waals surface area contributed by atoms with Crippen molar-refractivity contribution >= 4 is 22.9 Å². The van der Waals surface area contributed by atoms with Crippen molar-refractivity contribution < 1.29 is 19.0 Å². The predicted molar refractivity (Wildman–Crippen MR) is 148 cm³/mol. The number of fused-ring (bicyclic) bond motifs is 1. The first-order chi connectivity index (χ1) is 18.1. The molecule has 0 aliphatic rings. The Hall–Kier alpha value is -4.58. The average molecular weight is 495 g/mol. The second kappa shape index (κ2) is 12.4. The number of amides is 1. The number of carbonyl (C=O) groups is 1. The number of methoxy groups -OCH3 is 1. The van der Waals surface area contributed by atoms with Gasteiger partial charge in [0.2, 0.25) is 0 Å². The predicted octanol–water partition coefficient (Wildman–Crippen LogP) is 6.32. The number of hydrogen-bond acceptors (Lipinski definition) is 5. The number of allylic oxidation sites excluding steroid dienone is 1. The minimum Gasteiger partial charge on any atom is -0.496 e. The lowest BCUT2D eigenvalue weighted by molar-refractivity contribution is 0.0952. The van der Waals surface area contributed by atoms with Gasteiger partial charge in [0.1, 0.15) is 12.4 Å². The summed E-state index contributed by atoms with van der Waals surface area (Å²) in [4.78, 5) is 12.9. The van der Waals surface area contributed by atoms with Gasteiger partial charge in [0, 0.05) is 5.56 Å². The van der Waals surface area contributed by atoms with E-state index in [0.29, 0.717) is 42.4 Å². The standard InChI is InChI=1S/C31H30N2O4/c1-4-11-26-16-23(17-29(36-5-2)30(26)37-21-22-12-7-6-8-13-22)20-32-33-31(34)27-18-24-14-9-10-15-25(24)19-28(27)35-3/h4,6-10,12-20H,1,5,11,21H2,2-3H3,(H,33,34)/b32-20-. The maximum absolute atomic E-state index is 12.9. The van der Waals surface area contributed by atoms with Gasteiger partial charge in [-0.2, -0.15) is 5.10 Å². The molecule has 6 heteroatoms. The number of nitrogens with one attached hydrogen (secondary N) is 1. The van der Waals surface area contributed by atoms with E-state index in [4.69, 9.17) is 14.2 Å². The van der Waals surface area contributed by atoms with Gasteiger partial charge in [0.05, 0.1) is 25.5 Å². The Morgan fingerprint density at radius 2 is 1.68 bits per heavy atom. The number of carbonyl (C=O) groups excluding carboxylic acids is 1. The summed E-state index contributed by atoms with van der Waals surface area (Å²) in [5, 5.41) is 6.13. The van der Waals surface area contributed by atoms with Gasteiger partial charge in [-0.3, -0.25) is 4.79 Å². The number of rotatable bonds is 11. The molecule has 4 aromatic carbocycles. The molecule has 1 N–H and O–H groups in total. The van der Waals surface area contributed by atoms with Crippen LogP contribution in [0.15, 0.2) is 96.6 Å². The van der Waals surface area contributed by atoms with Crippen LogP contribution in [-0.4, -0.2) is 25.8 Å². The maximum Gasteiger partial charge on any atom is 0.275 e. The van der Waals surface area contributed by atoms with E-state index in [2.05, 4.69) is 17.1 Å². The Morgan fingerprint density at radius 1 is 0.946 bits per heavy atom. The van der Waals surface area contributed by atoms with E-state index in [1.165, 1.54) is 0 Å². The quantitative estimate of drug-likeness (QED) is 0.151. The van der Waals surface area contributed by atoms with Crippen molar-refractivity contribution in [2.24, 2.45) is 5.10 Å². The highest BCUT2D eigenvalue weighted by Gasteiger charge is 2.15. The van der Waals surface area contributed by atoms with Crippen molar-refractivity contribution in [2.75, 3.05) is 13.7 Å². The highest BCUT2D eigenvalue weighted by atomic mass is 16.5. The molecule has 0 heterocycles. The molecule has 0 aliphatic carbocycles. The summed E-state index contributed by atoms with van der Waals surface area (Å²) < 4.78 is 17.5. The van der Waals surface area contributed by atoms with Crippen LogP contribution in [0.5, 0.6) is 17.2 Å². The smallest absolute Gasteiger partial charge is 0.275 e. The molecule has 0 bridgehead atoms. The van der Waals surface area contributed by atoms with Crippen LogP contribution < -0.4 is 19.6 Å². The van der Waals surface area contributed by atoms with E-state index < -0.39 is 0 Å². The van der Waals surface area contributed by atoms with Crippen LogP contribution >= 0.6 is 0 Å². The molecular weight excluding hydrogens is 464 g/mol. The zero-order valence-electron chi connectivity index (χ0n) is 21.1. The second-order valence-electron chi connectivity index (χ2n) is 8.31. The summed E-state index contributed by atoms with van der Waals surface area (Å²) >= 11 is 0. The summed E-state index contributed by atoms with van der Waals surface area (Å²) in [6.07, 6.45) is 3.99. The van der Waals surface area contributed by atoms with Crippen LogP contribution in [0.2, 0.25) is 0 Å². The largest absolute Gasteiger partial charge is 0.496 e. The zero-order valence-corrected chi connectivity index (χ0v) is 21.1. The molecule has 1 amide bonds. The van der Waals surface area contributed by atoms with E-state index >= 15 is 0 Å². The molecule has 0 aromatic heterocycles. The van der Waals surface area contributed by atoms with Gasteiger partial charge in [-0.25, -0.2) is 5.43 Å². The summed E-state index contributed by atoms with van der Waals surface area (Å²) in [7, 11) is 1.54. The molecule has 0 atom stereocenters. The Bertz CT molecular complexity index is 1410. The third kappa shape index (κ3) is 6.35. The Labute approximate surface area is 217 Å². The van der Waals surface area contributed by atoms with Crippen molar-refractivity contribution in [3.8, 4) is 17.2 Å². The fraction of sp³-hybridized carbons (Fsp3) is 0.161. The topological polar surface area (TPSA) is 69.2 Å². The van der Waals surface area contributed by atoms with E-state index in [1.807, 2.05) is 85.8 Å². The summed E-state index contributed by atoms with van der Waals surface area (Å²) in [6.45, 7) is 6.70. The fourth-order valence-electron chi connectivity index (χ4n) is 4.01. The first-order valence-corrected chi connectivity index (χ1v) is 12.1. The van der Waals surface area contributed by atoms with Gasteiger partial charge in [0.15, 0.2) is 11.5 Å². The molecule has 0 spiro atoms. The maximum atomic E-state index is 12.9. The first kappa shape index (κ1) is 25.5. The van der Waals surface area contributed by atoms with E-state index in [9.17, 15) is 4.79 Å². The van der Waals surface area contributed by atoms with Crippen molar-refractivity contribution in [1.29, 1.82) is 0 Å². The number of nitrogens with zero attached hydrogens (tertiary/aromatic N) is 1. The highest BCUT2D eigenvalue weighted by Crippen LogP contribution is 2.34. The lowest BCUT2D eigenvalue weighted by Crippen LogP contribution is -2.18. The number of hydrazone groups is 1. The average Bonchev–Trinajstić information content (AvgIpc) is 2.92. The van der Waals surface area contributed by atoms with E-state index in [1.54, 1.807) is 19.4 Å². The van der Waals surface area contributed by atoms with Gasteiger partial charge in [0.25, 0.3) is 5.91 Å². The monoisotopic (exact) mass is 494 g/mol. The van der Waals surface area contributed by atoms with Crippen LogP contribution in [0.1, 0.15) is 34.0 Å². The van der Waals surface area contributed by atoms with Gasteiger partial charge in [-0.1, -0.05) is 60.7 Å². The van der Waals surface area contributed by atoms with Gasteiger partial charge < -0.3 is 14.2 Å². The third-order valence-corrected chi connectivity index (χ3v) is 5.74. The Morgan fingerprint density at radius 3 is 2.38 bits per heavy atom. The molecule has 0 fully saturated rings. The van der Waals surface area contributed by atoms with Crippen LogP contribution in [0, 0.1) is 0 Å². The Kier molecular flexibility index (Phi) is 8.55. The molecule has 0 radical (unpaired) electrons. The van der Waals surface area contributed by atoms with Crippen molar-refractivity contribution in [3.63, 3.8) is 0 Å². The van der Waals surface area contributed by atoms with Crippen LogP contribution in [0.4, 0.5) is 0 Å². The lowest BCUT2D eigenvalue weighted by Gasteiger charge is -2.17. The normalized spacial score (nSPS) is 10.9. The molecule has 0 aliphatic heterocycles. The summed E-state index contributed by atoms with van der Waals surface area (Å²) in [5.74, 6) is 1.41. The van der Waals surface area contributed by atoms with Crippen molar-refractivity contribution in [2.45, 2.75) is 20.0 Å². The highest BCUT2D eigenvalue weighted by molar-refractivity contribution is 6.02. The van der Waals surface area contributed by atoms with Crippen LogP contribution in [0.3, 0.4) is 0 Å². The number of benzene rings is 4. The SMILES string of the molecule is C=CCc1cc(/C=N\NC(=O)c2cc3ccccc3cc2OC)cc(OCC)c1OCc1ccccc1. The van der Waals surface area contributed by atoms with Crippen molar-refractivity contribution in [1.82, 2.24) is 5.43 Å². The number of ether oxygens (including phenoxy) is 3. The Balaban J connectivity index is 1.56. The summed E-state index contributed by atoms with van der Waals surface area (Å²) in [6, 6.07) is 25.2. The fourth-order valence-corrected chi connectivity index (χ4v) is 4.01. The lowest BCUT2D eigenvalue weighted by atomic mass is 10.1. The molecule has 4 rings (SSSR count). The molecule has 0 saturated heterocycles. The summed E-state index contributed by atoms with van der Waals surface area (Å²) in [5.41, 5.74) is 5.76. The first-order valence-electron chi connectivity index (χ1n) is 12.1. The third-order valence-electron chi connectivity index (χ3n) is 5.74. The molecule has 188 valence electrons. The number of hydrogen-bond donors (Lipinski definition) is 1.